The summed E-state index contributed by atoms with van der Waals surface area (Å²) < 4.78 is -0.737. The summed E-state index contributed by atoms with van der Waals surface area (Å²) in [5.41, 5.74) is 2.15. The molecule has 9 heteroatoms. The fraction of sp³-hybridized carbons (Fsp3) is 0.259. The average Bonchev–Trinajstić information content (AvgIpc) is 3.38. The van der Waals surface area contributed by atoms with Crippen molar-refractivity contribution in [2.75, 3.05) is 25.5 Å². The number of halogens is 1. The minimum Gasteiger partial charge on any atom is -0.313 e. The molecule has 182 valence electrons. The second kappa shape index (κ2) is 8.38. The summed E-state index contributed by atoms with van der Waals surface area (Å²) in [6.45, 7) is 0.846. The van der Waals surface area contributed by atoms with Gasteiger partial charge in [0.2, 0.25) is 5.91 Å². The monoisotopic (exact) mass is 534 g/mol. The highest BCUT2D eigenvalue weighted by Gasteiger charge is 2.78. The zero-order valence-electron chi connectivity index (χ0n) is 19.7. The molecule has 0 bridgehead atoms. The highest BCUT2D eigenvalue weighted by atomic mass is 35.5. The highest BCUT2D eigenvalue weighted by molar-refractivity contribution is 8.25. The van der Waals surface area contributed by atoms with Crippen molar-refractivity contribution in [1.29, 1.82) is 0 Å². The first kappa shape index (κ1) is 23.6. The molecule has 0 aliphatic carbocycles. The Labute approximate surface area is 224 Å². The summed E-state index contributed by atoms with van der Waals surface area (Å²) >= 11 is 13.7. The number of benzene rings is 2. The largest absolute Gasteiger partial charge is 0.313 e. The van der Waals surface area contributed by atoms with Crippen LogP contribution in [0.25, 0.3) is 0 Å². The van der Waals surface area contributed by atoms with Crippen LogP contribution >= 0.6 is 35.6 Å². The van der Waals surface area contributed by atoms with Crippen molar-refractivity contribution in [2.45, 2.75) is 22.7 Å². The van der Waals surface area contributed by atoms with E-state index in [2.05, 4.69) is 4.98 Å². The zero-order chi connectivity index (χ0) is 25.2. The first-order valence-corrected chi connectivity index (χ1v) is 13.2. The Kier molecular flexibility index (Phi) is 5.50. The van der Waals surface area contributed by atoms with Crippen molar-refractivity contribution >= 4 is 57.4 Å². The summed E-state index contributed by atoms with van der Waals surface area (Å²) in [6.07, 6.45) is 3.46. The number of likely N-dealkylation sites (N-methyl/N-ethyl adjacent to an activating group) is 2. The molecule has 2 aromatic carbocycles. The first-order valence-electron chi connectivity index (χ1n) is 11.6. The minimum absolute atomic E-state index is 0.149. The molecular formula is C27H23ClN4O2S2. The number of likely N-dealkylation sites (tertiary alicyclic amines) is 1. The maximum atomic E-state index is 14.8. The normalized spacial score (nSPS) is 27.6. The van der Waals surface area contributed by atoms with Crippen LogP contribution in [0.15, 0.2) is 73.1 Å². The van der Waals surface area contributed by atoms with Crippen LogP contribution in [-0.4, -0.2) is 56.3 Å². The molecule has 3 atom stereocenters. The molecule has 0 saturated carbocycles. The second-order valence-electron chi connectivity index (χ2n) is 9.43. The number of hydrogen-bond acceptors (Lipinski definition) is 6. The molecule has 36 heavy (non-hydrogen) atoms. The molecule has 2 spiro atoms. The van der Waals surface area contributed by atoms with E-state index in [1.807, 2.05) is 66.5 Å². The summed E-state index contributed by atoms with van der Waals surface area (Å²) in [7, 11) is 3.68. The number of aromatic nitrogens is 1. The molecular weight excluding hydrogens is 512 g/mol. The third-order valence-corrected chi connectivity index (χ3v) is 9.88. The molecule has 3 aromatic rings. The van der Waals surface area contributed by atoms with Crippen LogP contribution in [0.5, 0.6) is 0 Å². The number of anilines is 1. The molecule has 6 nitrogen and oxygen atoms in total. The minimum atomic E-state index is -1.27. The van der Waals surface area contributed by atoms with Gasteiger partial charge in [0, 0.05) is 48.2 Å². The molecule has 2 saturated heterocycles. The Balaban J connectivity index is 1.60. The second-order valence-corrected chi connectivity index (χ2v) is 11.7. The van der Waals surface area contributed by atoms with Crippen molar-refractivity contribution in [3.63, 3.8) is 0 Å². The van der Waals surface area contributed by atoms with Gasteiger partial charge < -0.3 is 4.90 Å². The third-order valence-electron chi connectivity index (χ3n) is 7.70. The lowest BCUT2D eigenvalue weighted by atomic mass is 9.72. The lowest BCUT2D eigenvalue weighted by molar-refractivity contribution is -0.139. The smallest absolute Gasteiger partial charge is 0.254 e. The molecule has 1 aromatic heterocycles. The molecule has 6 rings (SSSR count). The number of nitrogens with zero attached hydrogens (tertiary/aromatic N) is 4. The number of thiocarbonyl (C=S) groups is 1. The van der Waals surface area contributed by atoms with Gasteiger partial charge in [-0.15, -0.1) is 0 Å². The summed E-state index contributed by atoms with van der Waals surface area (Å²) in [6, 6.07) is 19.1. The molecule has 0 N–H and O–H groups in total. The highest BCUT2D eigenvalue weighted by Crippen LogP contribution is 2.66. The third kappa shape index (κ3) is 2.96. The molecule has 3 aliphatic rings. The number of pyridine rings is 1. The van der Waals surface area contributed by atoms with Crippen molar-refractivity contribution in [2.24, 2.45) is 0 Å². The maximum Gasteiger partial charge on any atom is 0.254 e. The van der Waals surface area contributed by atoms with E-state index >= 15 is 0 Å². The van der Waals surface area contributed by atoms with Gasteiger partial charge in [0.05, 0.1) is 6.54 Å². The molecule has 3 aliphatic heterocycles. The van der Waals surface area contributed by atoms with Crippen LogP contribution in [0, 0.1) is 0 Å². The van der Waals surface area contributed by atoms with E-state index in [0.717, 1.165) is 22.4 Å². The van der Waals surface area contributed by atoms with Crippen molar-refractivity contribution in [1.82, 2.24) is 14.8 Å². The van der Waals surface area contributed by atoms with Crippen molar-refractivity contribution in [3.05, 3.63) is 94.8 Å². The molecule has 0 unspecified atom stereocenters. The van der Waals surface area contributed by atoms with Gasteiger partial charge in [0.1, 0.15) is 9.07 Å². The molecule has 4 heterocycles. The Morgan fingerprint density at radius 1 is 1.06 bits per heavy atom. The number of amides is 2. The van der Waals surface area contributed by atoms with Crippen LogP contribution in [-0.2, 0) is 21.7 Å². The quantitative estimate of drug-likeness (QED) is 0.463. The Morgan fingerprint density at radius 3 is 2.50 bits per heavy atom. The number of fused-ring (bicyclic) bond motifs is 3. The first-order chi connectivity index (χ1) is 17.3. The van der Waals surface area contributed by atoms with E-state index in [0.29, 0.717) is 22.4 Å². The lowest BCUT2D eigenvalue weighted by Gasteiger charge is -2.42. The van der Waals surface area contributed by atoms with E-state index in [1.54, 1.807) is 35.3 Å². The van der Waals surface area contributed by atoms with Crippen LogP contribution in [0.1, 0.15) is 22.6 Å². The van der Waals surface area contributed by atoms with Crippen LogP contribution < -0.4 is 4.90 Å². The van der Waals surface area contributed by atoms with E-state index in [-0.39, 0.29) is 17.7 Å². The fourth-order valence-corrected chi connectivity index (χ4v) is 8.47. The lowest BCUT2D eigenvalue weighted by Crippen LogP contribution is -2.62. The van der Waals surface area contributed by atoms with Gasteiger partial charge in [0.25, 0.3) is 5.91 Å². The fourth-order valence-electron chi connectivity index (χ4n) is 6.17. The Hall–Kier alpha value is -2.78. The van der Waals surface area contributed by atoms with Crippen molar-refractivity contribution < 1.29 is 9.59 Å². The number of carbonyl (C=O) groups is 2. The molecule has 0 radical (unpaired) electrons. The summed E-state index contributed by atoms with van der Waals surface area (Å²) in [4.78, 5) is 38.6. The van der Waals surface area contributed by atoms with Gasteiger partial charge in [-0.3, -0.25) is 24.4 Å². The summed E-state index contributed by atoms with van der Waals surface area (Å²) in [5.74, 6) is -0.602. The Bertz CT molecular complexity index is 1410. The molecule has 2 amide bonds. The van der Waals surface area contributed by atoms with Gasteiger partial charge in [-0.1, -0.05) is 65.9 Å². The summed E-state index contributed by atoms with van der Waals surface area (Å²) in [5, 5.41) is 0.520. The SMILES string of the molecule is CN1C(=O)[C@@]2(c3cc(Cl)ccc31)N(C)C[C@H](c1ccncc1)[C@@]21SC(=S)N(Cc2ccccc2)C1=O. The van der Waals surface area contributed by atoms with E-state index in [9.17, 15) is 9.59 Å². The number of rotatable bonds is 3. The van der Waals surface area contributed by atoms with Gasteiger partial charge in [0.15, 0.2) is 5.54 Å². The maximum absolute atomic E-state index is 14.8. The predicted octanol–water partition coefficient (Wildman–Crippen LogP) is 4.44. The number of carbonyl (C=O) groups excluding carboxylic acids is 2. The van der Waals surface area contributed by atoms with Crippen LogP contribution in [0.2, 0.25) is 5.02 Å². The average molecular weight is 535 g/mol. The number of thioether (sulfide) groups is 1. The van der Waals surface area contributed by atoms with Gasteiger partial charge in [-0.2, -0.15) is 0 Å². The Morgan fingerprint density at radius 2 is 1.78 bits per heavy atom. The van der Waals surface area contributed by atoms with Gasteiger partial charge >= 0.3 is 0 Å². The predicted molar refractivity (Wildman–Crippen MR) is 146 cm³/mol. The zero-order valence-corrected chi connectivity index (χ0v) is 22.1. The number of hydrogen-bond donors (Lipinski definition) is 0. The van der Waals surface area contributed by atoms with Crippen LogP contribution in [0.3, 0.4) is 0 Å². The van der Waals surface area contributed by atoms with E-state index < -0.39 is 10.3 Å². The topological polar surface area (TPSA) is 56.8 Å². The van der Waals surface area contributed by atoms with Crippen molar-refractivity contribution in [3.8, 4) is 0 Å². The van der Waals surface area contributed by atoms with Gasteiger partial charge in [-0.05, 0) is 48.5 Å². The standard InChI is InChI=1S/C27H23ClN4O2S2/c1-30-16-21(18-10-12-29-13-11-18)27(24(34)32(25(35)36-27)15-17-6-4-3-5-7-17)26(30)20-14-19(28)8-9-22(20)31(2)23(26)33/h3-14,21H,15-16H2,1-2H3/t21-,26-,27+/m1/s1. The van der Waals surface area contributed by atoms with Gasteiger partial charge in [-0.25, -0.2) is 0 Å². The van der Waals surface area contributed by atoms with Crippen LogP contribution in [0.4, 0.5) is 5.69 Å². The molecule has 2 fully saturated rings. The van der Waals surface area contributed by atoms with E-state index in [1.165, 1.54) is 11.8 Å². The van der Waals surface area contributed by atoms with E-state index in [4.69, 9.17) is 23.8 Å².